The largest absolute Gasteiger partial charge is 0.385 e. The normalized spacial score (nSPS) is 11.5. The fourth-order valence-electron chi connectivity index (χ4n) is 1.71. The highest BCUT2D eigenvalue weighted by molar-refractivity contribution is 5.94. The van der Waals surface area contributed by atoms with Crippen LogP contribution in [0, 0.1) is 5.82 Å². The van der Waals surface area contributed by atoms with Gasteiger partial charge in [0.05, 0.1) is 0 Å². The number of rotatable bonds is 6. The molecule has 0 aliphatic heterocycles. The predicted octanol–water partition coefficient (Wildman–Crippen LogP) is 2.72. The van der Waals surface area contributed by atoms with E-state index < -0.39 is 0 Å². The molecule has 0 spiro atoms. The van der Waals surface area contributed by atoms with Crippen LogP contribution in [0.25, 0.3) is 5.57 Å². The summed E-state index contributed by atoms with van der Waals surface area (Å²) < 4.78 is 18.5. The Bertz CT molecular complexity index is 457. The molecule has 104 valence electrons. The maximum Gasteiger partial charge on any atom is 0.246 e. The van der Waals surface area contributed by atoms with Crippen molar-refractivity contribution in [3.63, 3.8) is 0 Å². The Labute approximate surface area is 113 Å². The number of carbonyl (C=O) groups excluding carboxylic acids is 1. The Morgan fingerprint density at radius 1 is 1.42 bits per heavy atom. The lowest BCUT2D eigenvalue weighted by atomic mass is 10.1. The van der Waals surface area contributed by atoms with Gasteiger partial charge in [-0.25, -0.2) is 4.39 Å². The van der Waals surface area contributed by atoms with Crippen LogP contribution in [-0.4, -0.2) is 38.1 Å². The third-order valence-corrected chi connectivity index (χ3v) is 2.86. The zero-order valence-electron chi connectivity index (χ0n) is 11.6. The van der Waals surface area contributed by atoms with E-state index in [1.54, 1.807) is 44.2 Å². The number of methoxy groups -OCH3 is 1. The summed E-state index contributed by atoms with van der Waals surface area (Å²) in [6.07, 6.45) is 2.25. The standard InChI is InChI=1S/C15H20FNO2/c1-12(13-7-4-5-8-14(13)16)11-15(18)17(2)9-6-10-19-3/h4-5,7-8,11H,6,9-10H2,1-3H3/b12-11+. The first kappa shape index (κ1) is 15.4. The number of ether oxygens (including phenoxy) is 1. The van der Waals surface area contributed by atoms with Crippen LogP contribution in [0.3, 0.4) is 0 Å². The number of hydrogen-bond donors (Lipinski definition) is 0. The van der Waals surface area contributed by atoms with Crippen LogP contribution < -0.4 is 0 Å². The topological polar surface area (TPSA) is 29.5 Å². The van der Waals surface area contributed by atoms with Crippen molar-refractivity contribution in [3.8, 4) is 0 Å². The molecule has 0 aliphatic carbocycles. The maximum absolute atomic E-state index is 13.6. The van der Waals surface area contributed by atoms with Gasteiger partial charge in [0, 0.05) is 38.9 Å². The summed E-state index contributed by atoms with van der Waals surface area (Å²) in [5.41, 5.74) is 1.09. The molecule has 0 radical (unpaired) electrons. The SMILES string of the molecule is COCCCN(C)C(=O)/C=C(\C)c1ccccc1F. The second-order valence-electron chi connectivity index (χ2n) is 4.41. The smallest absolute Gasteiger partial charge is 0.246 e. The fraction of sp³-hybridized carbons (Fsp3) is 0.400. The number of amides is 1. The average Bonchev–Trinajstić information content (AvgIpc) is 2.39. The maximum atomic E-state index is 13.6. The molecule has 0 aliphatic rings. The third kappa shape index (κ3) is 4.83. The third-order valence-electron chi connectivity index (χ3n) is 2.86. The van der Waals surface area contributed by atoms with Gasteiger partial charge < -0.3 is 9.64 Å². The van der Waals surface area contributed by atoms with Crippen molar-refractivity contribution in [2.45, 2.75) is 13.3 Å². The summed E-state index contributed by atoms with van der Waals surface area (Å²) in [7, 11) is 3.35. The number of carbonyl (C=O) groups is 1. The summed E-state index contributed by atoms with van der Waals surface area (Å²) in [4.78, 5) is 13.5. The molecule has 1 aromatic carbocycles. The summed E-state index contributed by atoms with van der Waals surface area (Å²) in [6.45, 7) is 2.97. The molecule has 0 aromatic heterocycles. The summed E-state index contributed by atoms with van der Waals surface area (Å²) in [5.74, 6) is -0.442. The molecular weight excluding hydrogens is 245 g/mol. The van der Waals surface area contributed by atoms with E-state index in [4.69, 9.17) is 4.74 Å². The minimum Gasteiger partial charge on any atom is -0.385 e. The number of halogens is 1. The molecule has 3 nitrogen and oxygen atoms in total. The Morgan fingerprint density at radius 3 is 2.74 bits per heavy atom. The van der Waals surface area contributed by atoms with E-state index in [-0.39, 0.29) is 11.7 Å². The molecule has 0 bridgehead atoms. The lowest BCUT2D eigenvalue weighted by molar-refractivity contribution is -0.124. The molecule has 0 heterocycles. The second kappa shape index (κ2) is 7.69. The van der Waals surface area contributed by atoms with E-state index in [0.717, 1.165) is 6.42 Å². The summed E-state index contributed by atoms with van der Waals surface area (Å²) in [6, 6.07) is 6.44. The lowest BCUT2D eigenvalue weighted by Crippen LogP contribution is -2.26. The first-order chi connectivity index (χ1) is 9.06. The van der Waals surface area contributed by atoms with E-state index in [0.29, 0.717) is 24.3 Å². The summed E-state index contributed by atoms with van der Waals surface area (Å²) in [5, 5.41) is 0. The molecule has 19 heavy (non-hydrogen) atoms. The average molecular weight is 265 g/mol. The fourth-order valence-corrected chi connectivity index (χ4v) is 1.71. The van der Waals surface area contributed by atoms with Gasteiger partial charge in [-0.1, -0.05) is 18.2 Å². The molecule has 0 N–H and O–H groups in total. The lowest BCUT2D eigenvalue weighted by Gasteiger charge is -2.15. The molecule has 0 atom stereocenters. The van der Waals surface area contributed by atoms with Crippen molar-refractivity contribution in [2.24, 2.45) is 0 Å². The monoisotopic (exact) mass is 265 g/mol. The van der Waals surface area contributed by atoms with Gasteiger partial charge in [-0.2, -0.15) is 0 Å². The molecule has 0 fully saturated rings. The number of benzene rings is 1. The molecule has 4 heteroatoms. The van der Waals surface area contributed by atoms with Crippen molar-refractivity contribution >= 4 is 11.5 Å². The van der Waals surface area contributed by atoms with Gasteiger partial charge in [0.25, 0.3) is 0 Å². The molecule has 1 aromatic rings. The van der Waals surface area contributed by atoms with E-state index in [1.165, 1.54) is 12.1 Å². The van der Waals surface area contributed by atoms with Crippen molar-refractivity contribution in [1.29, 1.82) is 0 Å². The van der Waals surface area contributed by atoms with Crippen LogP contribution >= 0.6 is 0 Å². The Balaban J connectivity index is 2.68. The van der Waals surface area contributed by atoms with Crippen LogP contribution in [0.4, 0.5) is 4.39 Å². The number of hydrogen-bond acceptors (Lipinski definition) is 2. The Morgan fingerprint density at radius 2 is 2.11 bits per heavy atom. The zero-order valence-corrected chi connectivity index (χ0v) is 11.6. The van der Waals surface area contributed by atoms with Crippen molar-refractivity contribution in [2.75, 3.05) is 27.3 Å². The first-order valence-corrected chi connectivity index (χ1v) is 6.23. The van der Waals surface area contributed by atoms with Gasteiger partial charge in [0.1, 0.15) is 5.82 Å². The number of nitrogens with zero attached hydrogens (tertiary/aromatic N) is 1. The zero-order chi connectivity index (χ0) is 14.3. The van der Waals surface area contributed by atoms with Gasteiger partial charge in [0.2, 0.25) is 5.91 Å². The molecule has 1 amide bonds. The predicted molar refractivity (Wildman–Crippen MR) is 74.2 cm³/mol. The van der Waals surface area contributed by atoms with E-state index in [9.17, 15) is 9.18 Å². The molecule has 0 saturated heterocycles. The highest BCUT2D eigenvalue weighted by atomic mass is 19.1. The Hall–Kier alpha value is -1.68. The van der Waals surface area contributed by atoms with Gasteiger partial charge in [-0.15, -0.1) is 0 Å². The minimum absolute atomic E-state index is 0.128. The van der Waals surface area contributed by atoms with Crippen molar-refractivity contribution < 1.29 is 13.9 Å². The van der Waals surface area contributed by atoms with Crippen LogP contribution in [0.5, 0.6) is 0 Å². The van der Waals surface area contributed by atoms with Gasteiger partial charge >= 0.3 is 0 Å². The molecular formula is C15H20FNO2. The first-order valence-electron chi connectivity index (χ1n) is 6.23. The van der Waals surface area contributed by atoms with Gasteiger partial charge in [0.15, 0.2) is 0 Å². The van der Waals surface area contributed by atoms with Crippen molar-refractivity contribution in [3.05, 3.63) is 41.7 Å². The second-order valence-corrected chi connectivity index (χ2v) is 4.41. The quantitative estimate of drug-likeness (QED) is 0.584. The highest BCUT2D eigenvalue weighted by Crippen LogP contribution is 2.17. The van der Waals surface area contributed by atoms with Crippen LogP contribution in [0.1, 0.15) is 18.9 Å². The van der Waals surface area contributed by atoms with E-state index in [1.807, 2.05) is 0 Å². The molecule has 1 rings (SSSR count). The number of allylic oxidation sites excluding steroid dienone is 1. The van der Waals surface area contributed by atoms with E-state index >= 15 is 0 Å². The Kier molecular flexibility index (Phi) is 6.22. The molecule has 0 saturated carbocycles. The minimum atomic E-state index is -0.314. The van der Waals surface area contributed by atoms with Crippen LogP contribution in [0.2, 0.25) is 0 Å². The van der Waals surface area contributed by atoms with Crippen LogP contribution in [0.15, 0.2) is 30.3 Å². The van der Waals surface area contributed by atoms with E-state index in [2.05, 4.69) is 0 Å². The number of likely N-dealkylation sites (N-methyl/N-ethyl adjacent to an activating group) is 1. The van der Waals surface area contributed by atoms with Crippen LogP contribution in [-0.2, 0) is 9.53 Å². The van der Waals surface area contributed by atoms with Crippen molar-refractivity contribution in [1.82, 2.24) is 4.90 Å². The summed E-state index contributed by atoms with van der Waals surface area (Å²) >= 11 is 0. The highest BCUT2D eigenvalue weighted by Gasteiger charge is 2.08. The van der Waals surface area contributed by atoms with Gasteiger partial charge in [-0.3, -0.25) is 4.79 Å². The van der Waals surface area contributed by atoms with Gasteiger partial charge in [-0.05, 0) is 25.0 Å². The molecule has 0 unspecified atom stereocenters.